The van der Waals surface area contributed by atoms with Crippen LogP contribution in [0.1, 0.15) is 36.2 Å². The van der Waals surface area contributed by atoms with Crippen molar-refractivity contribution in [3.8, 4) is 0 Å². The third-order valence-electron chi connectivity index (χ3n) is 3.14. The zero-order valence-electron chi connectivity index (χ0n) is 10.6. The largest absolute Gasteiger partial charge is 0.295 e. The fraction of sp³-hybridized carbons (Fsp3) is 0.462. The van der Waals surface area contributed by atoms with Crippen LogP contribution in [-0.4, -0.2) is 26.5 Å². The van der Waals surface area contributed by atoms with Gasteiger partial charge in [0.2, 0.25) is 10.0 Å². The van der Waals surface area contributed by atoms with Crippen molar-refractivity contribution in [2.75, 3.05) is 16.6 Å². The summed E-state index contributed by atoms with van der Waals surface area (Å²) in [6.07, 6.45) is 1.29. The molecule has 1 aliphatic heterocycles. The maximum atomic E-state index is 12.1. The molecule has 0 spiro atoms. The third-order valence-corrected chi connectivity index (χ3v) is 5.11. The van der Waals surface area contributed by atoms with Gasteiger partial charge in [-0.25, -0.2) is 8.42 Å². The SMILES string of the molecule is CCCS(=O)(=O)N1CCc2cc(C(C)=O)ccc21. The van der Waals surface area contributed by atoms with E-state index in [-0.39, 0.29) is 11.5 Å². The Labute approximate surface area is 108 Å². The van der Waals surface area contributed by atoms with E-state index in [4.69, 9.17) is 0 Å². The van der Waals surface area contributed by atoms with Crippen molar-refractivity contribution in [2.24, 2.45) is 0 Å². The van der Waals surface area contributed by atoms with Crippen molar-refractivity contribution in [3.63, 3.8) is 0 Å². The van der Waals surface area contributed by atoms with Gasteiger partial charge in [0.15, 0.2) is 5.78 Å². The highest BCUT2D eigenvalue weighted by atomic mass is 32.2. The molecule has 0 amide bonds. The standard InChI is InChI=1S/C13H17NO3S/c1-3-8-18(16,17)14-7-6-12-9-11(10(2)15)4-5-13(12)14/h4-5,9H,3,6-8H2,1-2H3. The van der Waals surface area contributed by atoms with E-state index in [1.54, 1.807) is 18.2 Å². The lowest BCUT2D eigenvalue weighted by atomic mass is 10.1. The number of nitrogens with zero attached hydrogens (tertiary/aromatic N) is 1. The van der Waals surface area contributed by atoms with Crippen LogP contribution in [0.5, 0.6) is 0 Å². The second-order valence-electron chi connectivity index (χ2n) is 4.54. The second kappa shape index (κ2) is 4.72. The van der Waals surface area contributed by atoms with Gasteiger partial charge in [0.25, 0.3) is 0 Å². The van der Waals surface area contributed by atoms with Crippen molar-refractivity contribution in [1.29, 1.82) is 0 Å². The molecule has 5 heteroatoms. The van der Waals surface area contributed by atoms with Crippen LogP contribution in [0.3, 0.4) is 0 Å². The van der Waals surface area contributed by atoms with Crippen molar-refractivity contribution in [3.05, 3.63) is 29.3 Å². The van der Waals surface area contributed by atoms with Gasteiger partial charge in [-0.3, -0.25) is 9.10 Å². The fourth-order valence-electron chi connectivity index (χ4n) is 2.25. The first-order chi connectivity index (χ1) is 8.45. The van der Waals surface area contributed by atoms with E-state index in [1.165, 1.54) is 11.2 Å². The summed E-state index contributed by atoms with van der Waals surface area (Å²) in [7, 11) is -3.21. The predicted molar refractivity (Wildman–Crippen MR) is 71.6 cm³/mol. The number of fused-ring (bicyclic) bond motifs is 1. The quantitative estimate of drug-likeness (QED) is 0.784. The van der Waals surface area contributed by atoms with E-state index in [0.717, 1.165) is 11.3 Å². The van der Waals surface area contributed by atoms with Gasteiger partial charge in [-0.2, -0.15) is 0 Å². The van der Waals surface area contributed by atoms with Crippen LogP contribution in [0, 0.1) is 0 Å². The minimum Gasteiger partial charge on any atom is -0.295 e. The van der Waals surface area contributed by atoms with Crippen LogP contribution in [0.2, 0.25) is 0 Å². The fourth-order valence-corrected chi connectivity index (χ4v) is 3.83. The van der Waals surface area contributed by atoms with Gasteiger partial charge >= 0.3 is 0 Å². The summed E-state index contributed by atoms with van der Waals surface area (Å²) in [6.45, 7) is 3.86. The molecule has 0 saturated carbocycles. The molecule has 0 bridgehead atoms. The van der Waals surface area contributed by atoms with Gasteiger partial charge in [-0.15, -0.1) is 0 Å². The zero-order valence-corrected chi connectivity index (χ0v) is 11.5. The normalized spacial score (nSPS) is 14.7. The highest BCUT2D eigenvalue weighted by molar-refractivity contribution is 7.92. The Morgan fingerprint density at radius 1 is 1.39 bits per heavy atom. The Kier molecular flexibility index (Phi) is 3.43. The number of Topliss-reactive ketones (excluding diaryl/α,β-unsaturated/α-hetero) is 1. The van der Waals surface area contributed by atoms with E-state index in [2.05, 4.69) is 0 Å². The highest BCUT2D eigenvalue weighted by Gasteiger charge is 2.28. The molecule has 2 rings (SSSR count). The summed E-state index contributed by atoms with van der Waals surface area (Å²) in [5.41, 5.74) is 2.32. The molecule has 1 heterocycles. The molecule has 4 nitrogen and oxygen atoms in total. The molecule has 0 aliphatic carbocycles. The summed E-state index contributed by atoms with van der Waals surface area (Å²) in [5.74, 6) is 0.175. The number of hydrogen-bond donors (Lipinski definition) is 0. The topological polar surface area (TPSA) is 54.5 Å². The Morgan fingerprint density at radius 3 is 2.72 bits per heavy atom. The van der Waals surface area contributed by atoms with Crippen LogP contribution >= 0.6 is 0 Å². The van der Waals surface area contributed by atoms with E-state index in [1.807, 2.05) is 6.92 Å². The molecule has 18 heavy (non-hydrogen) atoms. The van der Waals surface area contributed by atoms with Crippen LogP contribution in [0.25, 0.3) is 0 Å². The predicted octanol–water partition coefficient (Wildman–Crippen LogP) is 1.99. The summed E-state index contributed by atoms with van der Waals surface area (Å²) < 4.78 is 25.6. The zero-order chi connectivity index (χ0) is 13.3. The Balaban J connectivity index is 2.38. The van der Waals surface area contributed by atoms with E-state index >= 15 is 0 Å². The van der Waals surface area contributed by atoms with Gasteiger partial charge in [-0.05, 0) is 43.5 Å². The lowest BCUT2D eigenvalue weighted by Crippen LogP contribution is -2.31. The smallest absolute Gasteiger partial charge is 0.235 e. The number of ketones is 1. The minimum atomic E-state index is -3.21. The van der Waals surface area contributed by atoms with Gasteiger partial charge in [-0.1, -0.05) is 6.92 Å². The van der Waals surface area contributed by atoms with Crippen molar-refractivity contribution in [2.45, 2.75) is 26.7 Å². The molecular formula is C13H17NO3S. The van der Waals surface area contributed by atoms with Crippen LogP contribution < -0.4 is 4.31 Å². The Hall–Kier alpha value is -1.36. The average Bonchev–Trinajstić information content (AvgIpc) is 2.71. The number of hydrogen-bond acceptors (Lipinski definition) is 3. The van der Waals surface area contributed by atoms with Gasteiger partial charge < -0.3 is 0 Å². The number of carbonyl (C=O) groups is 1. The molecule has 1 aromatic rings. The van der Waals surface area contributed by atoms with Gasteiger partial charge in [0.1, 0.15) is 0 Å². The van der Waals surface area contributed by atoms with Crippen molar-refractivity contribution >= 4 is 21.5 Å². The summed E-state index contributed by atoms with van der Waals surface area (Å²) in [6, 6.07) is 5.24. The Bertz CT molecular complexity index is 578. The lowest BCUT2D eigenvalue weighted by Gasteiger charge is -2.19. The lowest BCUT2D eigenvalue weighted by molar-refractivity contribution is 0.101. The van der Waals surface area contributed by atoms with E-state index in [9.17, 15) is 13.2 Å². The summed E-state index contributed by atoms with van der Waals surface area (Å²) in [5, 5.41) is 0. The molecule has 0 atom stereocenters. The molecule has 0 N–H and O–H groups in total. The van der Waals surface area contributed by atoms with Gasteiger partial charge in [0.05, 0.1) is 11.4 Å². The molecule has 0 fully saturated rings. The molecule has 0 saturated heterocycles. The molecule has 0 radical (unpaired) electrons. The van der Waals surface area contributed by atoms with Crippen LogP contribution in [0.15, 0.2) is 18.2 Å². The number of sulfonamides is 1. The number of anilines is 1. The number of rotatable bonds is 4. The summed E-state index contributed by atoms with van der Waals surface area (Å²) in [4.78, 5) is 11.3. The second-order valence-corrected chi connectivity index (χ2v) is 6.55. The molecule has 1 aliphatic rings. The first-order valence-corrected chi connectivity index (χ1v) is 7.71. The minimum absolute atomic E-state index is 0.00710. The maximum absolute atomic E-state index is 12.1. The van der Waals surface area contributed by atoms with E-state index < -0.39 is 10.0 Å². The molecule has 98 valence electrons. The van der Waals surface area contributed by atoms with Crippen LogP contribution in [-0.2, 0) is 16.4 Å². The maximum Gasteiger partial charge on any atom is 0.235 e. The number of carbonyl (C=O) groups excluding carboxylic acids is 1. The number of benzene rings is 1. The van der Waals surface area contributed by atoms with Crippen molar-refractivity contribution in [1.82, 2.24) is 0 Å². The molecule has 1 aromatic carbocycles. The first-order valence-electron chi connectivity index (χ1n) is 6.10. The highest BCUT2D eigenvalue weighted by Crippen LogP contribution is 2.31. The molecular weight excluding hydrogens is 250 g/mol. The molecule has 0 aromatic heterocycles. The molecule has 0 unspecified atom stereocenters. The monoisotopic (exact) mass is 267 g/mol. The third kappa shape index (κ3) is 2.27. The van der Waals surface area contributed by atoms with E-state index in [0.29, 0.717) is 24.9 Å². The van der Waals surface area contributed by atoms with Gasteiger partial charge in [0, 0.05) is 12.1 Å². The van der Waals surface area contributed by atoms with Crippen LogP contribution in [0.4, 0.5) is 5.69 Å². The average molecular weight is 267 g/mol. The van der Waals surface area contributed by atoms with Crippen molar-refractivity contribution < 1.29 is 13.2 Å². The summed E-state index contributed by atoms with van der Waals surface area (Å²) >= 11 is 0. The first kappa shape index (κ1) is 13.1. The Morgan fingerprint density at radius 2 is 2.11 bits per heavy atom.